The molecule has 8 aromatic rings. The van der Waals surface area contributed by atoms with Crippen LogP contribution < -0.4 is 0 Å². The topological polar surface area (TPSA) is 12.9 Å². The first-order valence-electron chi connectivity index (χ1n) is 13.9. The third-order valence-corrected chi connectivity index (χ3v) is 9.01. The molecule has 1 heterocycles. The molecule has 0 N–H and O–H groups in total. The fourth-order valence-corrected chi connectivity index (χ4v) is 7.41. The van der Waals surface area contributed by atoms with Gasteiger partial charge in [0.25, 0.3) is 0 Å². The molecule has 3 heteroatoms. The molecular weight excluding hydrogens is 642 g/mol. The van der Waals surface area contributed by atoms with Crippen LogP contribution in [-0.2, 0) is 0 Å². The minimum Gasteiger partial charge on any atom is -0.234 e. The van der Waals surface area contributed by atoms with Crippen LogP contribution in [0.15, 0.2) is 149 Å². The maximum atomic E-state index is 4.47. The zero-order valence-corrected chi connectivity index (χ0v) is 25.7. The Kier molecular flexibility index (Phi) is 6.17. The van der Waals surface area contributed by atoms with E-state index >= 15 is 0 Å². The van der Waals surface area contributed by atoms with Crippen molar-refractivity contribution in [2.45, 2.75) is 0 Å². The monoisotopic (exact) mass is 663 g/mol. The number of pyridine rings is 1. The molecule has 7 aromatic carbocycles. The molecule has 0 bridgehead atoms. The minimum atomic E-state index is 0.803. The highest BCUT2D eigenvalue weighted by Crippen LogP contribution is 2.45. The lowest BCUT2D eigenvalue weighted by Crippen LogP contribution is -1.92. The molecule has 8 rings (SSSR count). The van der Waals surface area contributed by atoms with Crippen LogP contribution in [0.5, 0.6) is 0 Å². The Morgan fingerprint density at radius 1 is 0.333 bits per heavy atom. The van der Waals surface area contributed by atoms with Gasteiger partial charge in [-0.2, -0.15) is 0 Å². The standard InChI is InChI=1S/C39H23Br2N/c40-36-22-31(23-37(41)42-36)28-17-18-34-35(21-28)39(30-16-14-25-8-2-4-10-27(25)20-30)33-12-6-5-11-32(33)38(34)29-15-13-24-7-1-3-9-26(24)19-29/h1-23H. The van der Waals surface area contributed by atoms with Crippen molar-refractivity contribution in [3.63, 3.8) is 0 Å². The summed E-state index contributed by atoms with van der Waals surface area (Å²) in [6.07, 6.45) is 0. The van der Waals surface area contributed by atoms with E-state index in [9.17, 15) is 0 Å². The lowest BCUT2D eigenvalue weighted by molar-refractivity contribution is 1.23. The average molecular weight is 665 g/mol. The van der Waals surface area contributed by atoms with Gasteiger partial charge in [-0.15, -0.1) is 0 Å². The summed E-state index contributed by atoms with van der Waals surface area (Å²) in [7, 11) is 0. The smallest absolute Gasteiger partial charge is 0.108 e. The zero-order chi connectivity index (χ0) is 28.2. The SMILES string of the molecule is Brc1cc(-c2ccc3c(-c4ccc5ccccc5c4)c4ccccc4c(-c4ccc5ccccc5c4)c3c2)cc(Br)n1. The number of rotatable bonds is 3. The molecular formula is C39H23Br2N. The zero-order valence-electron chi connectivity index (χ0n) is 22.5. The molecule has 0 amide bonds. The summed E-state index contributed by atoms with van der Waals surface area (Å²) >= 11 is 7.18. The highest BCUT2D eigenvalue weighted by Gasteiger charge is 2.18. The summed E-state index contributed by atoms with van der Waals surface area (Å²) in [5.74, 6) is 0. The van der Waals surface area contributed by atoms with Gasteiger partial charge in [0.15, 0.2) is 0 Å². The van der Waals surface area contributed by atoms with Crippen molar-refractivity contribution in [2.24, 2.45) is 0 Å². The Balaban J connectivity index is 1.51. The summed E-state index contributed by atoms with van der Waals surface area (Å²) in [4.78, 5) is 4.47. The quantitative estimate of drug-likeness (QED) is 0.135. The molecule has 0 radical (unpaired) electrons. The van der Waals surface area contributed by atoms with Crippen LogP contribution in [-0.4, -0.2) is 4.98 Å². The third-order valence-electron chi connectivity index (χ3n) is 8.20. The Morgan fingerprint density at radius 2 is 0.786 bits per heavy atom. The van der Waals surface area contributed by atoms with Gasteiger partial charge in [0, 0.05) is 0 Å². The van der Waals surface area contributed by atoms with Crippen molar-refractivity contribution in [3.05, 3.63) is 149 Å². The molecule has 0 aliphatic carbocycles. The first kappa shape index (κ1) is 25.4. The fourth-order valence-electron chi connectivity index (χ4n) is 6.30. The summed E-state index contributed by atoms with van der Waals surface area (Å²) in [6, 6.07) is 50.8. The maximum absolute atomic E-state index is 4.47. The van der Waals surface area contributed by atoms with E-state index in [-0.39, 0.29) is 0 Å². The Labute approximate surface area is 260 Å². The van der Waals surface area contributed by atoms with Crippen molar-refractivity contribution < 1.29 is 0 Å². The van der Waals surface area contributed by atoms with E-state index in [0.717, 1.165) is 20.3 Å². The van der Waals surface area contributed by atoms with Crippen LogP contribution in [0.25, 0.3) is 76.5 Å². The van der Waals surface area contributed by atoms with Crippen molar-refractivity contribution >= 4 is 74.9 Å². The third kappa shape index (κ3) is 4.32. The predicted octanol–water partition coefficient (Wildman–Crippen LogP) is 12.2. The average Bonchev–Trinajstić information content (AvgIpc) is 3.02. The number of hydrogen-bond donors (Lipinski definition) is 0. The fraction of sp³-hybridized carbons (Fsp3) is 0. The second-order valence-corrected chi connectivity index (χ2v) is 12.3. The summed E-state index contributed by atoms with van der Waals surface area (Å²) in [5, 5.41) is 9.95. The Bertz CT molecular complexity index is 2320. The highest BCUT2D eigenvalue weighted by atomic mass is 79.9. The Morgan fingerprint density at radius 3 is 1.36 bits per heavy atom. The van der Waals surface area contributed by atoms with E-state index in [1.54, 1.807) is 0 Å². The van der Waals surface area contributed by atoms with E-state index in [2.05, 4.69) is 176 Å². The highest BCUT2D eigenvalue weighted by molar-refractivity contribution is 9.11. The van der Waals surface area contributed by atoms with Gasteiger partial charge in [-0.1, -0.05) is 109 Å². The van der Waals surface area contributed by atoms with Crippen molar-refractivity contribution in [3.8, 4) is 33.4 Å². The van der Waals surface area contributed by atoms with E-state index in [4.69, 9.17) is 0 Å². The van der Waals surface area contributed by atoms with Gasteiger partial charge in [0.2, 0.25) is 0 Å². The number of nitrogens with zero attached hydrogens (tertiary/aromatic N) is 1. The van der Waals surface area contributed by atoms with Gasteiger partial charge >= 0.3 is 0 Å². The van der Waals surface area contributed by atoms with Gasteiger partial charge in [-0.3, -0.25) is 0 Å². The lowest BCUT2D eigenvalue weighted by atomic mass is 9.84. The maximum Gasteiger partial charge on any atom is 0.108 e. The molecule has 0 saturated carbocycles. The van der Waals surface area contributed by atoms with E-state index < -0.39 is 0 Å². The predicted molar refractivity (Wildman–Crippen MR) is 186 cm³/mol. The molecule has 198 valence electrons. The van der Waals surface area contributed by atoms with E-state index in [0.29, 0.717) is 0 Å². The van der Waals surface area contributed by atoms with Crippen molar-refractivity contribution in [2.75, 3.05) is 0 Å². The summed E-state index contributed by atoms with van der Waals surface area (Å²) in [6.45, 7) is 0. The van der Waals surface area contributed by atoms with Crippen molar-refractivity contribution in [1.29, 1.82) is 0 Å². The lowest BCUT2D eigenvalue weighted by Gasteiger charge is -2.19. The number of hydrogen-bond acceptors (Lipinski definition) is 1. The minimum absolute atomic E-state index is 0.803. The van der Waals surface area contributed by atoms with Crippen LogP contribution in [0.3, 0.4) is 0 Å². The van der Waals surface area contributed by atoms with Crippen LogP contribution >= 0.6 is 31.9 Å². The number of fused-ring (bicyclic) bond motifs is 4. The molecule has 0 spiro atoms. The van der Waals surface area contributed by atoms with Gasteiger partial charge in [0.05, 0.1) is 0 Å². The van der Waals surface area contributed by atoms with Gasteiger partial charge in [-0.25, -0.2) is 4.98 Å². The molecule has 1 nitrogen and oxygen atoms in total. The van der Waals surface area contributed by atoms with Crippen LogP contribution in [0.4, 0.5) is 0 Å². The van der Waals surface area contributed by atoms with Crippen LogP contribution in [0, 0.1) is 0 Å². The molecule has 0 atom stereocenters. The summed E-state index contributed by atoms with van der Waals surface area (Å²) < 4.78 is 1.61. The first-order chi connectivity index (χ1) is 20.6. The van der Waals surface area contributed by atoms with Gasteiger partial charge < -0.3 is 0 Å². The second kappa shape index (κ2) is 10.2. The number of aromatic nitrogens is 1. The molecule has 0 aliphatic heterocycles. The Hall–Kier alpha value is -4.31. The molecule has 0 unspecified atom stereocenters. The molecule has 0 fully saturated rings. The number of halogens is 2. The number of benzene rings is 7. The van der Waals surface area contributed by atoms with Crippen LogP contribution in [0.1, 0.15) is 0 Å². The van der Waals surface area contributed by atoms with Gasteiger partial charge in [0.1, 0.15) is 9.21 Å². The van der Waals surface area contributed by atoms with Crippen LogP contribution in [0.2, 0.25) is 0 Å². The van der Waals surface area contributed by atoms with Gasteiger partial charge in [-0.05, 0) is 139 Å². The second-order valence-electron chi connectivity index (χ2n) is 10.7. The van der Waals surface area contributed by atoms with Crippen molar-refractivity contribution in [1.82, 2.24) is 4.98 Å². The molecule has 0 saturated heterocycles. The molecule has 0 aliphatic rings. The largest absolute Gasteiger partial charge is 0.234 e. The summed E-state index contributed by atoms with van der Waals surface area (Å²) in [5.41, 5.74) is 7.21. The normalized spacial score (nSPS) is 11.6. The molecule has 1 aromatic heterocycles. The van der Waals surface area contributed by atoms with E-state index in [1.165, 1.54) is 65.3 Å². The first-order valence-corrected chi connectivity index (χ1v) is 15.5. The van der Waals surface area contributed by atoms with E-state index in [1.807, 2.05) is 0 Å². The molecule has 42 heavy (non-hydrogen) atoms.